The summed E-state index contributed by atoms with van der Waals surface area (Å²) in [5.41, 5.74) is 2.79. The van der Waals surface area contributed by atoms with E-state index in [1.807, 2.05) is 18.2 Å². The summed E-state index contributed by atoms with van der Waals surface area (Å²) in [7, 11) is 0. The molecule has 0 aromatic heterocycles. The highest BCUT2D eigenvalue weighted by Crippen LogP contribution is 2.29. The van der Waals surface area contributed by atoms with E-state index in [2.05, 4.69) is 16.0 Å². The van der Waals surface area contributed by atoms with Crippen molar-refractivity contribution in [3.63, 3.8) is 0 Å². The van der Waals surface area contributed by atoms with Gasteiger partial charge in [0.15, 0.2) is 0 Å². The molecule has 7 heteroatoms. The van der Waals surface area contributed by atoms with E-state index in [0.717, 1.165) is 49.6 Å². The fourth-order valence-corrected chi connectivity index (χ4v) is 4.31. The molecule has 2 saturated heterocycles. The summed E-state index contributed by atoms with van der Waals surface area (Å²) >= 11 is 0. The fraction of sp³-hybridized carbons (Fsp3) is 0.550. The number of piperidine rings is 1. The zero-order valence-corrected chi connectivity index (χ0v) is 15.4. The summed E-state index contributed by atoms with van der Waals surface area (Å²) in [6.07, 6.45) is 3.08. The first-order chi connectivity index (χ1) is 13.1. The lowest BCUT2D eigenvalue weighted by Gasteiger charge is -2.29. The number of nitrogens with zero attached hydrogens (tertiary/aromatic N) is 1. The number of carbonyl (C=O) groups excluding carboxylic acids is 3. The Hall–Kier alpha value is -2.25. The third kappa shape index (κ3) is 3.75. The predicted octanol–water partition coefficient (Wildman–Crippen LogP) is 0.537. The van der Waals surface area contributed by atoms with Crippen LogP contribution in [0.4, 0.5) is 0 Å². The Morgan fingerprint density at radius 3 is 2.85 bits per heavy atom. The summed E-state index contributed by atoms with van der Waals surface area (Å²) < 4.78 is 0. The number of imide groups is 1. The first-order valence-corrected chi connectivity index (χ1v) is 9.80. The Kier molecular flexibility index (Phi) is 5.22. The van der Waals surface area contributed by atoms with Crippen molar-refractivity contribution in [2.45, 2.75) is 44.8 Å². The largest absolute Gasteiger partial charge is 0.322 e. The second kappa shape index (κ2) is 7.78. The normalized spacial score (nSPS) is 25.0. The van der Waals surface area contributed by atoms with E-state index in [-0.39, 0.29) is 24.1 Å². The first kappa shape index (κ1) is 18.1. The SMILES string of the molecule is O=C1CCC(N2Cc3c(CNCC[C@H]4CCNC4)cccc3C2=O)C(=O)N1. The molecule has 3 aliphatic rings. The van der Waals surface area contributed by atoms with Crippen molar-refractivity contribution in [3.05, 3.63) is 34.9 Å². The summed E-state index contributed by atoms with van der Waals surface area (Å²) in [5.74, 6) is 0.0157. The summed E-state index contributed by atoms with van der Waals surface area (Å²) in [6.45, 7) is 4.35. The van der Waals surface area contributed by atoms with E-state index in [1.165, 1.54) is 6.42 Å². The maximum atomic E-state index is 12.8. The Morgan fingerprint density at radius 1 is 1.19 bits per heavy atom. The molecule has 2 fully saturated rings. The average Bonchev–Trinajstić information content (AvgIpc) is 3.28. The minimum atomic E-state index is -0.557. The van der Waals surface area contributed by atoms with Gasteiger partial charge in [0.2, 0.25) is 11.8 Å². The molecule has 144 valence electrons. The highest BCUT2D eigenvalue weighted by molar-refractivity contribution is 6.05. The van der Waals surface area contributed by atoms with Gasteiger partial charge in [0.1, 0.15) is 6.04 Å². The van der Waals surface area contributed by atoms with Crippen molar-refractivity contribution in [3.8, 4) is 0 Å². The van der Waals surface area contributed by atoms with Gasteiger partial charge in [0.25, 0.3) is 5.91 Å². The number of benzene rings is 1. The third-order valence-electron chi connectivity index (χ3n) is 5.89. The first-order valence-electron chi connectivity index (χ1n) is 9.80. The number of nitrogens with one attached hydrogen (secondary N) is 3. The van der Waals surface area contributed by atoms with Crippen LogP contribution in [-0.4, -0.2) is 48.3 Å². The van der Waals surface area contributed by atoms with E-state index in [9.17, 15) is 14.4 Å². The van der Waals surface area contributed by atoms with Crippen LogP contribution in [0.5, 0.6) is 0 Å². The van der Waals surface area contributed by atoms with Gasteiger partial charge in [-0.05, 0) is 62.0 Å². The number of fused-ring (bicyclic) bond motifs is 1. The molecule has 7 nitrogen and oxygen atoms in total. The molecular weight excluding hydrogens is 344 g/mol. The van der Waals surface area contributed by atoms with Crippen LogP contribution in [0.15, 0.2) is 18.2 Å². The topological polar surface area (TPSA) is 90.5 Å². The van der Waals surface area contributed by atoms with Crippen LogP contribution < -0.4 is 16.0 Å². The second-order valence-electron chi connectivity index (χ2n) is 7.67. The van der Waals surface area contributed by atoms with E-state index in [1.54, 1.807) is 4.90 Å². The zero-order chi connectivity index (χ0) is 18.8. The molecule has 0 aliphatic carbocycles. The summed E-state index contributed by atoms with van der Waals surface area (Å²) in [4.78, 5) is 38.0. The van der Waals surface area contributed by atoms with Crippen molar-refractivity contribution < 1.29 is 14.4 Å². The molecule has 0 spiro atoms. The Labute approximate surface area is 158 Å². The van der Waals surface area contributed by atoms with E-state index < -0.39 is 6.04 Å². The van der Waals surface area contributed by atoms with Gasteiger partial charge < -0.3 is 15.5 Å². The van der Waals surface area contributed by atoms with Gasteiger partial charge in [0, 0.05) is 25.1 Å². The number of hydrogen-bond donors (Lipinski definition) is 3. The number of hydrogen-bond acceptors (Lipinski definition) is 5. The lowest BCUT2D eigenvalue weighted by Crippen LogP contribution is -2.52. The molecule has 2 atom stereocenters. The van der Waals surface area contributed by atoms with Crippen LogP contribution in [0, 0.1) is 5.92 Å². The maximum absolute atomic E-state index is 12.8. The minimum Gasteiger partial charge on any atom is -0.322 e. The number of rotatable bonds is 6. The zero-order valence-electron chi connectivity index (χ0n) is 15.4. The molecule has 4 rings (SSSR count). The number of carbonyl (C=O) groups is 3. The van der Waals surface area contributed by atoms with Gasteiger partial charge in [-0.1, -0.05) is 12.1 Å². The maximum Gasteiger partial charge on any atom is 0.255 e. The van der Waals surface area contributed by atoms with Crippen LogP contribution in [0.25, 0.3) is 0 Å². The molecule has 27 heavy (non-hydrogen) atoms. The monoisotopic (exact) mass is 370 g/mol. The van der Waals surface area contributed by atoms with Gasteiger partial charge in [-0.15, -0.1) is 0 Å². The fourth-order valence-electron chi connectivity index (χ4n) is 4.31. The van der Waals surface area contributed by atoms with E-state index >= 15 is 0 Å². The molecule has 3 N–H and O–H groups in total. The van der Waals surface area contributed by atoms with E-state index in [0.29, 0.717) is 18.5 Å². The molecule has 1 aromatic carbocycles. The second-order valence-corrected chi connectivity index (χ2v) is 7.67. The Balaban J connectivity index is 1.39. The molecule has 1 aromatic rings. The molecule has 3 heterocycles. The smallest absolute Gasteiger partial charge is 0.255 e. The van der Waals surface area contributed by atoms with Crippen LogP contribution in [-0.2, 0) is 22.7 Å². The quantitative estimate of drug-likeness (QED) is 0.502. The van der Waals surface area contributed by atoms with Gasteiger partial charge in [-0.2, -0.15) is 0 Å². The average molecular weight is 370 g/mol. The number of amides is 3. The molecule has 3 amide bonds. The Morgan fingerprint density at radius 2 is 2.07 bits per heavy atom. The van der Waals surface area contributed by atoms with Crippen molar-refractivity contribution in [1.29, 1.82) is 0 Å². The van der Waals surface area contributed by atoms with Crippen molar-refractivity contribution in [1.82, 2.24) is 20.9 Å². The summed E-state index contributed by atoms with van der Waals surface area (Å²) in [5, 5.41) is 9.24. The molecule has 0 radical (unpaired) electrons. The standard InChI is InChI=1S/C20H26N4O3/c25-18-5-4-17(19(26)23-18)24-12-16-14(2-1-3-15(16)20(24)27)11-22-9-7-13-6-8-21-10-13/h1-3,13,17,21-22H,4-12H2,(H,23,25,26)/t13-,17?/m1/s1. The Bertz CT molecular complexity index is 758. The van der Waals surface area contributed by atoms with Gasteiger partial charge in [-0.25, -0.2) is 0 Å². The molecule has 0 bridgehead atoms. The van der Waals surface area contributed by atoms with Crippen molar-refractivity contribution >= 4 is 17.7 Å². The molecular formula is C20H26N4O3. The highest BCUT2D eigenvalue weighted by Gasteiger charge is 2.39. The lowest BCUT2D eigenvalue weighted by atomic mass is 10.0. The van der Waals surface area contributed by atoms with Crippen LogP contribution in [0.1, 0.15) is 47.2 Å². The van der Waals surface area contributed by atoms with E-state index in [4.69, 9.17) is 0 Å². The van der Waals surface area contributed by atoms with Gasteiger partial charge in [0.05, 0.1) is 0 Å². The van der Waals surface area contributed by atoms with Crippen LogP contribution in [0.2, 0.25) is 0 Å². The van der Waals surface area contributed by atoms with Gasteiger partial charge in [-0.3, -0.25) is 19.7 Å². The minimum absolute atomic E-state index is 0.113. The molecule has 3 aliphatic heterocycles. The van der Waals surface area contributed by atoms with Gasteiger partial charge >= 0.3 is 0 Å². The van der Waals surface area contributed by atoms with Crippen LogP contribution >= 0.6 is 0 Å². The van der Waals surface area contributed by atoms with Crippen molar-refractivity contribution in [2.24, 2.45) is 5.92 Å². The lowest BCUT2D eigenvalue weighted by molar-refractivity contribution is -0.136. The highest BCUT2D eigenvalue weighted by atomic mass is 16.2. The third-order valence-corrected chi connectivity index (χ3v) is 5.89. The predicted molar refractivity (Wildman–Crippen MR) is 99.8 cm³/mol. The van der Waals surface area contributed by atoms with Crippen LogP contribution in [0.3, 0.4) is 0 Å². The summed E-state index contributed by atoms with van der Waals surface area (Å²) in [6, 6.07) is 5.22. The van der Waals surface area contributed by atoms with Crippen molar-refractivity contribution in [2.75, 3.05) is 19.6 Å². The molecule has 1 unspecified atom stereocenters. The molecule has 0 saturated carbocycles.